The highest BCUT2D eigenvalue weighted by Crippen LogP contribution is 2.52. The van der Waals surface area contributed by atoms with Crippen LogP contribution in [0.15, 0.2) is 12.1 Å². The summed E-state index contributed by atoms with van der Waals surface area (Å²) in [6.07, 6.45) is 6.89. The highest BCUT2D eigenvalue weighted by Gasteiger charge is 2.43. The molecule has 2 aliphatic heterocycles. The van der Waals surface area contributed by atoms with Crippen molar-refractivity contribution in [3.8, 4) is 17.2 Å². The van der Waals surface area contributed by atoms with E-state index < -0.39 is 0 Å². The van der Waals surface area contributed by atoms with Gasteiger partial charge in [-0.25, -0.2) is 0 Å². The number of hydrogen-bond donors (Lipinski definition) is 1. The highest BCUT2D eigenvalue weighted by atomic mass is 16.7. The minimum absolute atomic E-state index is 0.0383. The molecule has 1 unspecified atom stereocenters. The van der Waals surface area contributed by atoms with Crippen LogP contribution in [0.1, 0.15) is 50.1 Å². The van der Waals surface area contributed by atoms with E-state index in [4.69, 9.17) is 19.9 Å². The molecule has 3 aliphatic rings. The van der Waals surface area contributed by atoms with Gasteiger partial charge in [-0.05, 0) is 37.8 Å². The van der Waals surface area contributed by atoms with Crippen molar-refractivity contribution in [2.75, 3.05) is 6.79 Å². The normalized spacial score (nSPS) is 26.9. The zero-order chi connectivity index (χ0) is 12.9. The molecule has 0 bridgehead atoms. The summed E-state index contributed by atoms with van der Waals surface area (Å²) in [5.74, 6) is 2.35. The maximum absolute atomic E-state index is 6.39. The summed E-state index contributed by atoms with van der Waals surface area (Å²) in [5, 5.41) is 0. The van der Waals surface area contributed by atoms with Crippen LogP contribution in [0.2, 0.25) is 0 Å². The van der Waals surface area contributed by atoms with Crippen LogP contribution in [-0.4, -0.2) is 12.4 Å². The van der Waals surface area contributed by atoms with E-state index in [1.54, 1.807) is 0 Å². The molecule has 1 atom stereocenters. The Balaban J connectivity index is 1.78. The van der Waals surface area contributed by atoms with E-state index in [1.807, 2.05) is 12.1 Å². The number of nitrogens with two attached hydrogens (primary N) is 1. The van der Waals surface area contributed by atoms with Crippen LogP contribution in [-0.2, 0) is 0 Å². The molecule has 2 N–H and O–H groups in total. The van der Waals surface area contributed by atoms with Gasteiger partial charge in [0.1, 0.15) is 5.60 Å². The zero-order valence-corrected chi connectivity index (χ0v) is 11.0. The van der Waals surface area contributed by atoms with Gasteiger partial charge in [0.2, 0.25) is 12.5 Å². The standard InChI is InChI=1S/C15H19NO3/c16-11-8-15(6-2-1-3-7-15)19-13-10(11)4-5-12-14(13)18-9-17-12/h4-5,11H,1-3,6-9,16H2. The van der Waals surface area contributed by atoms with Crippen molar-refractivity contribution in [1.82, 2.24) is 0 Å². The Hall–Kier alpha value is -1.42. The Morgan fingerprint density at radius 3 is 2.74 bits per heavy atom. The van der Waals surface area contributed by atoms with E-state index in [2.05, 4.69) is 0 Å². The minimum atomic E-state index is -0.0776. The molecule has 0 amide bonds. The maximum Gasteiger partial charge on any atom is 0.231 e. The van der Waals surface area contributed by atoms with Crippen molar-refractivity contribution in [1.29, 1.82) is 0 Å². The predicted octanol–water partition coefficient (Wildman–Crippen LogP) is 2.90. The summed E-state index contributed by atoms with van der Waals surface area (Å²) in [6.45, 7) is 0.275. The Kier molecular flexibility index (Phi) is 2.42. The summed E-state index contributed by atoms with van der Waals surface area (Å²) >= 11 is 0. The molecule has 1 spiro atoms. The fourth-order valence-corrected chi connectivity index (χ4v) is 3.63. The van der Waals surface area contributed by atoms with Crippen LogP contribution >= 0.6 is 0 Å². The summed E-state index contributed by atoms with van der Waals surface area (Å²) in [5.41, 5.74) is 7.35. The van der Waals surface area contributed by atoms with Crippen LogP contribution in [0, 0.1) is 0 Å². The average molecular weight is 261 g/mol. The molecular formula is C15H19NO3. The topological polar surface area (TPSA) is 53.7 Å². The van der Waals surface area contributed by atoms with E-state index in [0.29, 0.717) is 0 Å². The molecular weight excluding hydrogens is 242 g/mol. The van der Waals surface area contributed by atoms with Crippen molar-refractivity contribution in [3.63, 3.8) is 0 Å². The second-order valence-electron chi connectivity index (χ2n) is 5.87. The molecule has 1 saturated carbocycles. The molecule has 1 aromatic rings. The van der Waals surface area contributed by atoms with E-state index in [-0.39, 0.29) is 18.4 Å². The number of ether oxygens (including phenoxy) is 3. The first-order chi connectivity index (χ1) is 9.27. The third-order valence-electron chi connectivity index (χ3n) is 4.60. The lowest BCUT2D eigenvalue weighted by molar-refractivity contribution is -0.000654. The average Bonchev–Trinajstić information content (AvgIpc) is 2.88. The van der Waals surface area contributed by atoms with E-state index in [0.717, 1.165) is 42.1 Å². The molecule has 19 heavy (non-hydrogen) atoms. The van der Waals surface area contributed by atoms with Gasteiger partial charge >= 0.3 is 0 Å². The van der Waals surface area contributed by atoms with Crippen LogP contribution in [0.4, 0.5) is 0 Å². The fourth-order valence-electron chi connectivity index (χ4n) is 3.63. The van der Waals surface area contributed by atoms with Gasteiger partial charge in [0, 0.05) is 18.0 Å². The van der Waals surface area contributed by atoms with Crippen LogP contribution in [0.5, 0.6) is 17.2 Å². The SMILES string of the molecule is NC1CC2(CCCCC2)Oc2c1ccc1c2OCO1. The quantitative estimate of drug-likeness (QED) is 0.780. The lowest BCUT2D eigenvalue weighted by Gasteiger charge is -2.43. The second-order valence-corrected chi connectivity index (χ2v) is 5.87. The van der Waals surface area contributed by atoms with Crippen LogP contribution in [0.3, 0.4) is 0 Å². The smallest absolute Gasteiger partial charge is 0.231 e. The first-order valence-electron chi connectivity index (χ1n) is 7.15. The van der Waals surface area contributed by atoms with Gasteiger partial charge in [-0.15, -0.1) is 0 Å². The predicted molar refractivity (Wildman–Crippen MR) is 70.6 cm³/mol. The van der Waals surface area contributed by atoms with Crippen molar-refractivity contribution >= 4 is 0 Å². The van der Waals surface area contributed by atoms with Gasteiger partial charge in [0.25, 0.3) is 0 Å². The Bertz CT molecular complexity index is 508. The monoisotopic (exact) mass is 261 g/mol. The van der Waals surface area contributed by atoms with Gasteiger partial charge in [-0.3, -0.25) is 0 Å². The number of fused-ring (bicyclic) bond motifs is 3. The van der Waals surface area contributed by atoms with E-state index in [9.17, 15) is 0 Å². The van der Waals surface area contributed by atoms with E-state index in [1.165, 1.54) is 19.3 Å². The summed E-state index contributed by atoms with van der Waals surface area (Å²) in [6, 6.07) is 3.99. The van der Waals surface area contributed by atoms with E-state index >= 15 is 0 Å². The van der Waals surface area contributed by atoms with Gasteiger partial charge < -0.3 is 19.9 Å². The Labute approximate surface area is 112 Å². The van der Waals surface area contributed by atoms with Gasteiger partial charge in [-0.1, -0.05) is 6.42 Å². The highest BCUT2D eigenvalue weighted by molar-refractivity contribution is 5.58. The largest absolute Gasteiger partial charge is 0.483 e. The molecule has 4 heteroatoms. The Morgan fingerprint density at radius 1 is 1.05 bits per heavy atom. The number of hydrogen-bond acceptors (Lipinski definition) is 4. The Morgan fingerprint density at radius 2 is 1.89 bits per heavy atom. The molecule has 4 rings (SSSR count). The molecule has 0 saturated heterocycles. The first-order valence-corrected chi connectivity index (χ1v) is 7.15. The molecule has 1 aliphatic carbocycles. The summed E-state index contributed by atoms with van der Waals surface area (Å²) < 4.78 is 17.4. The molecule has 2 heterocycles. The maximum atomic E-state index is 6.39. The van der Waals surface area contributed by atoms with Crippen molar-refractivity contribution in [2.24, 2.45) is 5.73 Å². The van der Waals surface area contributed by atoms with Crippen molar-refractivity contribution in [3.05, 3.63) is 17.7 Å². The summed E-state index contributed by atoms with van der Waals surface area (Å²) in [7, 11) is 0. The molecule has 1 aromatic carbocycles. The molecule has 0 aromatic heterocycles. The minimum Gasteiger partial charge on any atom is -0.483 e. The zero-order valence-electron chi connectivity index (χ0n) is 11.0. The molecule has 1 fully saturated rings. The van der Waals surface area contributed by atoms with Crippen molar-refractivity contribution < 1.29 is 14.2 Å². The lowest BCUT2D eigenvalue weighted by Crippen LogP contribution is -2.44. The second kappa shape index (κ2) is 4.04. The van der Waals surface area contributed by atoms with Gasteiger partial charge in [0.15, 0.2) is 11.5 Å². The third kappa shape index (κ3) is 1.70. The molecule has 4 nitrogen and oxygen atoms in total. The molecule has 0 radical (unpaired) electrons. The number of benzene rings is 1. The summed E-state index contributed by atoms with van der Waals surface area (Å²) in [4.78, 5) is 0. The first kappa shape index (κ1) is 11.4. The lowest BCUT2D eigenvalue weighted by atomic mass is 9.77. The van der Waals surface area contributed by atoms with Crippen LogP contribution < -0.4 is 19.9 Å². The van der Waals surface area contributed by atoms with Crippen LogP contribution in [0.25, 0.3) is 0 Å². The fraction of sp³-hybridized carbons (Fsp3) is 0.600. The van der Waals surface area contributed by atoms with Crippen molar-refractivity contribution in [2.45, 2.75) is 50.2 Å². The number of rotatable bonds is 0. The van der Waals surface area contributed by atoms with Gasteiger partial charge in [0.05, 0.1) is 0 Å². The van der Waals surface area contributed by atoms with Gasteiger partial charge in [-0.2, -0.15) is 0 Å². The molecule has 102 valence electrons. The third-order valence-corrected chi connectivity index (χ3v) is 4.60.